The maximum Gasteiger partial charge on any atom is 0.0541 e. The molecule has 4 heteroatoms. The van der Waals surface area contributed by atoms with E-state index in [1.165, 1.54) is 99.9 Å². The number of fused-ring (bicyclic) bond motifs is 9. The summed E-state index contributed by atoms with van der Waals surface area (Å²) in [4.78, 5) is 6.81. The second-order valence-electron chi connectivity index (χ2n) is 21.0. The van der Waals surface area contributed by atoms with Crippen LogP contribution in [0.3, 0.4) is 0 Å². The van der Waals surface area contributed by atoms with Crippen molar-refractivity contribution in [2.24, 2.45) is 0 Å². The van der Waals surface area contributed by atoms with E-state index in [9.17, 15) is 0 Å². The highest BCUT2D eigenvalue weighted by atomic mass is 15.1. The normalized spacial score (nSPS) is 11.8. The molecule has 12 aromatic carbocycles. The molecule has 1 aromatic heterocycles. The minimum absolute atomic E-state index is 1.02. The molecule has 0 N–H and O–H groups in total. The molecular weight excluding hydrogens is 969 g/mol. The van der Waals surface area contributed by atoms with E-state index < -0.39 is 0 Å². The third-order valence-electron chi connectivity index (χ3n) is 16.3. The van der Waals surface area contributed by atoms with Crippen LogP contribution in [0.5, 0.6) is 0 Å². The first-order valence-corrected chi connectivity index (χ1v) is 27.7. The first-order valence-electron chi connectivity index (χ1n) is 27.7. The molecule has 15 rings (SSSR count). The molecule has 0 saturated carbocycles. The summed E-state index contributed by atoms with van der Waals surface area (Å²) >= 11 is 0. The van der Waals surface area contributed by atoms with Gasteiger partial charge in [0, 0.05) is 70.4 Å². The molecule has 0 bridgehead atoms. The van der Waals surface area contributed by atoms with Crippen LogP contribution < -0.4 is 14.7 Å². The standard InChI is InChI=1S/C38H28N2.C38H30N2/c1-39(30-19-21-31(22-20-30)40-37-15-6-4-13-34(37)35-14-5-7-16-38(35)40)32-11-8-10-26(24-32)27-17-18-29-23-28-9-2-3-12-33(28)36(29)25-27;1-39(32-21-23-35(24-22-32)40(33-13-4-2-5-14-33)34-15-6-3-7-16-34)36-17-10-12-28(26-36)29-19-20-31-25-30-11-8-9-18-37(30)38(31)27-29/h2-22,24-25H,23H2,1H3;2-24,26-27H,25H2,1H3. The summed E-state index contributed by atoms with van der Waals surface area (Å²) in [6.07, 6.45) is 2.05. The molecule has 1 heterocycles. The van der Waals surface area contributed by atoms with E-state index in [0.29, 0.717) is 0 Å². The summed E-state index contributed by atoms with van der Waals surface area (Å²) < 4.78 is 2.36. The summed E-state index contributed by atoms with van der Waals surface area (Å²) in [6, 6.07) is 105. The van der Waals surface area contributed by atoms with Crippen molar-refractivity contribution >= 4 is 61.6 Å². The van der Waals surface area contributed by atoms with Crippen LogP contribution in [0.25, 0.3) is 72.0 Å². The Labute approximate surface area is 469 Å². The van der Waals surface area contributed by atoms with Gasteiger partial charge in [-0.15, -0.1) is 0 Å². The van der Waals surface area contributed by atoms with Crippen LogP contribution in [0.15, 0.2) is 291 Å². The van der Waals surface area contributed by atoms with Gasteiger partial charge in [-0.1, -0.05) is 170 Å². The molecular formula is C76H58N4. The van der Waals surface area contributed by atoms with Crippen molar-refractivity contribution in [3.05, 3.63) is 313 Å². The van der Waals surface area contributed by atoms with Gasteiger partial charge in [0.2, 0.25) is 0 Å². The molecule has 0 radical (unpaired) electrons. The maximum atomic E-state index is 2.36. The number of nitrogens with zero attached hydrogens (tertiary/aromatic N) is 4. The minimum atomic E-state index is 1.02. The number of para-hydroxylation sites is 4. The Morgan fingerprint density at radius 3 is 1.11 bits per heavy atom. The van der Waals surface area contributed by atoms with Crippen LogP contribution in [0.4, 0.5) is 39.8 Å². The van der Waals surface area contributed by atoms with Crippen LogP contribution in [0.2, 0.25) is 0 Å². The van der Waals surface area contributed by atoms with Gasteiger partial charge in [-0.25, -0.2) is 0 Å². The van der Waals surface area contributed by atoms with Crippen molar-refractivity contribution in [1.29, 1.82) is 0 Å². The Morgan fingerprint density at radius 2 is 0.625 bits per heavy atom. The van der Waals surface area contributed by atoms with Gasteiger partial charge in [-0.05, 0) is 201 Å². The van der Waals surface area contributed by atoms with Gasteiger partial charge < -0.3 is 19.3 Å². The van der Waals surface area contributed by atoms with Crippen molar-refractivity contribution in [3.63, 3.8) is 0 Å². The third-order valence-corrected chi connectivity index (χ3v) is 16.3. The fourth-order valence-electron chi connectivity index (χ4n) is 12.1. The van der Waals surface area contributed by atoms with Gasteiger partial charge in [0.05, 0.1) is 11.0 Å². The quantitative estimate of drug-likeness (QED) is 0.136. The van der Waals surface area contributed by atoms with E-state index in [4.69, 9.17) is 0 Å². The monoisotopic (exact) mass is 1030 g/mol. The van der Waals surface area contributed by atoms with Crippen LogP contribution >= 0.6 is 0 Å². The lowest BCUT2D eigenvalue weighted by Gasteiger charge is -2.26. The molecule has 0 aliphatic heterocycles. The Hall–Kier alpha value is -10.2. The summed E-state index contributed by atoms with van der Waals surface area (Å²) in [5, 5.41) is 2.57. The Bertz CT molecular complexity index is 4290. The SMILES string of the molecule is CN(c1ccc(-n2c3ccccc3c3ccccc32)cc1)c1cccc(-c2ccc3c(c2)-c2ccccc2C3)c1.CN(c1ccc(N(c2ccccc2)c2ccccc2)cc1)c1cccc(-c2ccc3c(c2)-c2ccccc2C3)c1. The summed E-state index contributed by atoms with van der Waals surface area (Å²) in [7, 11) is 4.28. The molecule has 382 valence electrons. The maximum absolute atomic E-state index is 2.36. The second kappa shape index (κ2) is 20.7. The molecule has 13 aromatic rings. The topological polar surface area (TPSA) is 14.7 Å². The van der Waals surface area contributed by atoms with Gasteiger partial charge in [-0.3, -0.25) is 0 Å². The van der Waals surface area contributed by atoms with Gasteiger partial charge in [0.25, 0.3) is 0 Å². The van der Waals surface area contributed by atoms with Crippen molar-refractivity contribution in [2.45, 2.75) is 12.8 Å². The average Bonchev–Trinajstić information content (AvgIpc) is 4.24. The van der Waals surface area contributed by atoms with Gasteiger partial charge in [0.1, 0.15) is 0 Å². The molecule has 0 amide bonds. The lowest BCUT2D eigenvalue weighted by Crippen LogP contribution is -2.11. The number of anilines is 7. The zero-order valence-electron chi connectivity index (χ0n) is 44.9. The fraction of sp³-hybridized carbons (Fsp3) is 0.0526. The predicted octanol–water partition coefficient (Wildman–Crippen LogP) is 20.0. The fourth-order valence-corrected chi connectivity index (χ4v) is 12.1. The molecule has 2 aliphatic rings. The molecule has 4 nitrogen and oxygen atoms in total. The van der Waals surface area contributed by atoms with Crippen LogP contribution in [-0.2, 0) is 12.8 Å². The number of aromatic nitrogens is 1. The van der Waals surface area contributed by atoms with E-state index in [1.54, 1.807) is 0 Å². The van der Waals surface area contributed by atoms with Gasteiger partial charge in [0.15, 0.2) is 0 Å². The molecule has 0 saturated heterocycles. The zero-order chi connectivity index (χ0) is 53.5. The van der Waals surface area contributed by atoms with Crippen molar-refractivity contribution in [3.8, 4) is 50.2 Å². The molecule has 2 aliphatic carbocycles. The van der Waals surface area contributed by atoms with Crippen molar-refractivity contribution < 1.29 is 0 Å². The Morgan fingerprint density at radius 1 is 0.263 bits per heavy atom. The lowest BCUT2D eigenvalue weighted by molar-refractivity contribution is 1.16. The van der Waals surface area contributed by atoms with Crippen LogP contribution in [0.1, 0.15) is 22.3 Å². The first-order chi connectivity index (χ1) is 39.5. The van der Waals surface area contributed by atoms with E-state index in [0.717, 1.165) is 47.0 Å². The van der Waals surface area contributed by atoms with Gasteiger partial charge >= 0.3 is 0 Å². The Balaban J connectivity index is 0.000000144. The average molecular weight is 1030 g/mol. The van der Waals surface area contributed by atoms with Crippen LogP contribution in [0, 0.1) is 0 Å². The predicted molar refractivity (Wildman–Crippen MR) is 338 cm³/mol. The van der Waals surface area contributed by atoms with E-state index in [2.05, 4.69) is 325 Å². The van der Waals surface area contributed by atoms with E-state index in [1.807, 2.05) is 0 Å². The molecule has 80 heavy (non-hydrogen) atoms. The zero-order valence-corrected chi connectivity index (χ0v) is 44.9. The first kappa shape index (κ1) is 48.2. The number of rotatable bonds is 10. The number of hydrogen-bond acceptors (Lipinski definition) is 3. The van der Waals surface area contributed by atoms with Gasteiger partial charge in [-0.2, -0.15) is 0 Å². The summed E-state index contributed by atoms with van der Waals surface area (Å²) in [5.74, 6) is 0. The molecule has 0 spiro atoms. The summed E-state index contributed by atoms with van der Waals surface area (Å²) in [6.45, 7) is 0. The van der Waals surface area contributed by atoms with Crippen molar-refractivity contribution in [2.75, 3.05) is 28.8 Å². The van der Waals surface area contributed by atoms with E-state index >= 15 is 0 Å². The highest BCUT2D eigenvalue weighted by Crippen LogP contribution is 2.43. The molecule has 0 unspecified atom stereocenters. The number of hydrogen-bond donors (Lipinski definition) is 0. The molecule has 0 fully saturated rings. The largest absolute Gasteiger partial charge is 0.345 e. The van der Waals surface area contributed by atoms with Crippen molar-refractivity contribution in [1.82, 2.24) is 4.57 Å². The number of benzene rings is 12. The highest BCUT2D eigenvalue weighted by molar-refractivity contribution is 6.09. The second-order valence-corrected chi connectivity index (χ2v) is 21.0. The minimum Gasteiger partial charge on any atom is -0.345 e. The Kier molecular flexibility index (Phi) is 12.5. The smallest absolute Gasteiger partial charge is 0.0541 e. The van der Waals surface area contributed by atoms with E-state index in [-0.39, 0.29) is 0 Å². The highest BCUT2D eigenvalue weighted by Gasteiger charge is 2.21. The third kappa shape index (κ3) is 8.97. The summed E-state index contributed by atoms with van der Waals surface area (Å²) in [5.41, 5.74) is 27.8. The lowest BCUT2D eigenvalue weighted by atomic mass is 9.98. The van der Waals surface area contributed by atoms with Crippen LogP contribution in [-0.4, -0.2) is 18.7 Å². The molecule has 0 atom stereocenters.